The lowest BCUT2D eigenvalue weighted by Gasteiger charge is -2.24. The van der Waals surface area contributed by atoms with Crippen molar-refractivity contribution in [2.75, 3.05) is 6.61 Å². The van der Waals surface area contributed by atoms with Gasteiger partial charge in [0, 0.05) is 0 Å². The number of esters is 1. The van der Waals surface area contributed by atoms with Gasteiger partial charge in [0.15, 0.2) is 6.10 Å². The second kappa shape index (κ2) is 3.77. The molecule has 0 aromatic carbocycles. The highest BCUT2D eigenvalue weighted by atomic mass is 16.5. The van der Waals surface area contributed by atoms with Gasteiger partial charge in [0.25, 0.3) is 0 Å². The maximum Gasteiger partial charge on any atom is 0.334 e. The molecule has 1 saturated heterocycles. The van der Waals surface area contributed by atoms with Crippen molar-refractivity contribution in [1.82, 2.24) is 0 Å². The Labute approximate surface area is 70.4 Å². The van der Waals surface area contributed by atoms with Crippen LogP contribution in [0.5, 0.6) is 0 Å². The van der Waals surface area contributed by atoms with E-state index in [2.05, 4.69) is 4.74 Å². The summed E-state index contributed by atoms with van der Waals surface area (Å²) in [5, 5.41) is 8.32. The molecular weight excluding hydrogens is 158 g/mol. The first-order chi connectivity index (χ1) is 5.76. The molecule has 1 unspecified atom stereocenters. The summed E-state index contributed by atoms with van der Waals surface area (Å²) in [5.74, 6) is 0.115. The summed E-state index contributed by atoms with van der Waals surface area (Å²) in [6.07, 6.45) is 1.40. The lowest BCUT2D eigenvalue weighted by Crippen LogP contribution is -2.23. The molecule has 1 atom stereocenters. The smallest absolute Gasteiger partial charge is 0.334 e. The molecule has 0 radical (unpaired) electrons. The highest BCUT2D eigenvalue weighted by Crippen LogP contribution is 2.23. The molecule has 12 heavy (non-hydrogen) atoms. The van der Waals surface area contributed by atoms with Crippen LogP contribution in [-0.2, 0) is 14.3 Å². The quantitative estimate of drug-likeness (QED) is 0.449. The minimum atomic E-state index is -0.413. The van der Waals surface area contributed by atoms with E-state index < -0.39 is 5.97 Å². The van der Waals surface area contributed by atoms with Gasteiger partial charge in [0.1, 0.15) is 11.8 Å². The number of carbonyl (C=O) groups is 1. The Kier molecular flexibility index (Phi) is 2.70. The molecule has 1 heterocycles. The summed E-state index contributed by atoms with van der Waals surface area (Å²) >= 11 is 0. The Morgan fingerprint density at radius 3 is 3.17 bits per heavy atom. The summed E-state index contributed by atoms with van der Waals surface area (Å²) in [6, 6.07) is 1.92. The summed E-state index contributed by atoms with van der Waals surface area (Å²) in [7, 11) is 0. The van der Waals surface area contributed by atoms with Crippen molar-refractivity contribution in [3.8, 4) is 6.07 Å². The van der Waals surface area contributed by atoms with Gasteiger partial charge in [-0.3, -0.25) is 0 Å². The minimum absolute atomic E-state index is 0.351. The zero-order valence-electron chi connectivity index (χ0n) is 6.74. The second-order valence-electron chi connectivity index (χ2n) is 2.30. The molecule has 0 spiro atoms. The average Bonchev–Trinajstić information content (AvgIpc) is 1.96. The third-order valence-electron chi connectivity index (χ3n) is 1.39. The summed E-state index contributed by atoms with van der Waals surface area (Å²) < 4.78 is 9.54. The highest BCUT2D eigenvalue weighted by molar-refractivity contribution is 5.82. The Morgan fingerprint density at radius 2 is 2.67 bits per heavy atom. The van der Waals surface area contributed by atoms with Crippen LogP contribution in [0.4, 0.5) is 0 Å². The van der Waals surface area contributed by atoms with Crippen LogP contribution in [0.15, 0.2) is 11.8 Å². The van der Waals surface area contributed by atoms with Gasteiger partial charge in [0.2, 0.25) is 0 Å². The SMILES string of the molecule is CCOC(=O)C=C1CC(C#N)O1. The van der Waals surface area contributed by atoms with Crippen LogP contribution in [0.25, 0.3) is 0 Å². The predicted molar refractivity (Wildman–Crippen MR) is 39.8 cm³/mol. The molecule has 4 nitrogen and oxygen atoms in total. The standard InChI is InChI=1S/C8H9NO3/c1-2-11-8(10)4-6-3-7(5-9)12-6/h4,7H,2-3H2,1H3. The number of ether oxygens (including phenoxy) is 2. The lowest BCUT2D eigenvalue weighted by atomic mass is 10.1. The molecule has 1 fully saturated rings. The minimum Gasteiger partial charge on any atom is -0.479 e. The zero-order valence-corrected chi connectivity index (χ0v) is 6.74. The van der Waals surface area contributed by atoms with Crippen LogP contribution >= 0.6 is 0 Å². The van der Waals surface area contributed by atoms with Crippen molar-refractivity contribution in [2.45, 2.75) is 19.4 Å². The van der Waals surface area contributed by atoms with Gasteiger partial charge in [-0.15, -0.1) is 0 Å². The molecule has 0 saturated carbocycles. The van der Waals surface area contributed by atoms with Gasteiger partial charge in [-0.2, -0.15) is 5.26 Å². The van der Waals surface area contributed by atoms with Gasteiger partial charge < -0.3 is 9.47 Å². The molecule has 0 aliphatic carbocycles. The maximum absolute atomic E-state index is 10.8. The van der Waals surface area contributed by atoms with Gasteiger partial charge in [-0.1, -0.05) is 0 Å². The van der Waals surface area contributed by atoms with Gasteiger partial charge in [-0.05, 0) is 6.92 Å². The highest BCUT2D eigenvalue weighted by Gasteiger charge is 2.25. The monoisotopic (exact) mass is 167 g/mol. The van der Waals surface area contributed by atoms with E-state index in [-0.39, 0.29) is 6.10 Å². The van der Waals surface area contributed by atoms with Gasteiger partial charge in [0.05, 0.1) is 19.1 Å². The molecule has 1 aliphatic heterocycles. The fourth-order valence-corrected chi connectivity index (χ4v) is 0.836. The Hall–Kier alpha value is -1.50. The number of carbonyl (C=O) groups excluding carboxylic acids is 1. The molecule has 0 aromatic heterocycles. The van der Waals surface area contributed by atoms with Crippen LogP contribution in [0.3, 0.4) is 0 Å². The molecule has 0 bridgehead atoms. The second-order valence-corrected chi connectivity index (χ2v) is 2.30. The molecular formula is C8H9NO3. The molecule has 64 valence electrons. The lowest BCUT2D eigenvalue weighted by molar-refractivity contribution is -0.137. The van der Waals surface area contributed by atoms with E-state index >= 15 is 0 Å². The summed E-state index contributed by atoms with van der Waals surface area (Å²) in [5.41, 5.74) is 0. The average molecular weight is 167 g/mol. The largest absolute Gasteiger partial charge is 0.479 e. The topological polar surface area (TPSA) is 59.3 Å². The number of hydrogen-bond acceptors (Lipinski definition) is 4. The van der Waals surface area contributed by atoms with E-state index in [4.69, 9.17) is 10.00 Å². The van der Waals surface area contributed by atoms with Crippen molar-refractivity contribution < 1.29 is 14.3 Å². The molecule has 1 aliphatic rings. The van der Waals surface area contributed by atoms with Crippen molar-refractivity contribution >= 4 is 5.97 Å². The molecule has 0 amide bonds. The number of rotatable bonds is 2. The molecule has 0 aromatic rings. The Morgan fingerprint density at radius 1 is 2.00 bits per heavy atom. The van der Waals surface area contributed by atoms with Crippen molar-refractivity contribution in [3.05, 3.63) is 11.8 Å². The summed E-state index contributed by atoms with van der Waals surface area (Å²) in [4.78, 5) is 10.8. The molecule has 1 rings (SSSR count). The maximum atomic E-state index is 10.8. The van der Waals surface area contributed by atoms with Crippen LogP contribution in [0.1, 0.15) is 13.3 Å². The number of hydrogen-bond donors (Lipinski definition) is 0. The van der Waals surface area contributed by atoms with E-state index in [9.17, 15) is 4.79 Å². The van der Waals surface area contributed by atoms with E-state index in [1.165, 1.54) is 6.08 Å². The molecule has 0 N–H and O–H groups in total. The Balaban J connectivity index is 2.32. The van der Waals surface area contributed by atoms with Crippen LogP contribution in [-0.4, -0.2) is 18.7 Å². The van der Waals surface area contributed by atoms with Gasteiger partial charge >= 0.3 is 5.97 Å². The summed E-state index contributed by atoms with van der Waals surface area (Å²) in [6.45, 7) is 2.08. The van der Waals surface area contributed by atoms with Crippen LogP contribution in [0, 0.1) is 11.3 Å². The third kappa shape index (κ3) is 1.99. The van der Waals surface area contributed by atoms with E-state index in [0.717, 1.165) is 0 Å². The van der Waals surface area contributed by atoms with Crippen LogP contribution in [0.2, 0.25) is 0 Å². The van der Waals surface area contributed by atoms with Crippen molar-refractivity contribution in [1.29, 1.82) is 5.26 Å². The predicted octanol–water partition coefficient (Wildman–Crippen LogP) is 0.746. The van der Waals surface area contributed by atoms with E-state index in [1.54, 1.807) is 6.92 Å². The van der Waals surface area contributed by atoms with Gasteiger partial charge in [-0.25, -0.2) is 4.79 Å². The Bertz CT molecular complexity index is 244. The fraction of sp³-hybridized carbons (Fsp3) is 0.500. The fourth-order valence-electron chi connectivity index (χ4n) is 0.836. The van der Waals surface area contributed by atoms with E-state index in [1.807, 2.05) is 6.07 Å². The van der Waals surface area contributed by atoms with E-state index in [0.29, 0.717) is 18.8 Å². The van der Waals surface area contributed by atoms with Crippen molar-refractivity contribution in [2.24, 2.45) is 0 Å². The zero-order chi connectivity index (χ0) is 8.97. The number of nitrogens with zero attached hydrogens (tertiary/aromatic N) is 1. The first kappa shape index (κ1) is 8.60. The number of nitriles is 1. The third-order valence-corrected chi connectivity index (χ3v) is 1.39. The molecule has 4 heteroatoms. The van der Waals surface area contributed by atoms with Crippen LogP contribution < -0.4 is 0 Å². The van der Waals surface area contributed by atoms with Crippen molar-refractivity contribution in [3.63, 3.8) is 0 Å². The first-order valence-corrected chi connectivity index (χ1v) is 3.70. The normalized spacial score (nSPS) is 23.7. The first-order valence-electron chi connectivity index (χ1n) is 3.70.